The first-order chi connectivity index (χ1) is 6.84. The van der Waals surface area contributed by atoms with Crippen molar-refractivity contribution in [2.75, 3.05) is 11.9 Å². The van der Waals surface area contributed by atoms with E-state index < -0.39 is 12.1 Å². The average Bonchev–Trinajstić information content (AvgIpc) is 2.15. The van der Waals surface area contributed by atoms with Crippen molar-refractivity contribution in [3.05, 3.63) is 29.8 Å². The second-order valence-corrected chi connectivity index (χ2v) is 3.15. The molecule has 0 unspecified atom stereocenters. The van der Waals surface area contributed by atoms with Crippen molar-refractivity contribution in [2.45, 2.75) is 13.1 Å². The maximum atomic E-state index is 12.1. The molecule has 0 aromatic heterocycles. The van der Waals surface area contributed by atoms with Crippen LogP contribution in [0.5, 0.6) is 0 Å². The van der Waals surface area contributed by atoms with Crippen LogP contribution in [0.15, 0.2) is 24.3 Å². The maximum Gasteiger partial charge on any atom is 0.471 e. The van der Waals surface area contributed by atoms with Gasteiger partial charge in [0.05, 0.1) is 0 Å². The third-order valence-electron chi connectivity index (χ3n) is 2.02. The molecular weight excluding hydrogens is 207 g/mol. The summed E-state index contributed by atoms with van der Waals surface area (Å²) in [5.41, 5.74) is 0.887. The van der Waals surface area contributed by atoms with E-state index in [-0.39, 0.29) is 5.69 Å². The number of aryl methyl sites for hydroxylation is 1. The van der Waals surface area contributed by atoms with Gasteiger partial charge in [0.2, 0.25) is 0 Å². The lowest BCUT2D eigenvalue weighted by Gasteiger charge is -2.20. The first kappa shape index (κ1) is 11.6. The zero-order valence-electron chi connectivity index (χ0n) is 8.30. The largest absolute Gasteiger partial charge is 0.471 e. The van der Waals surface area contributed by atoms with Crippen molar-refractivity contribution in [1.29, 1.82) is 0 Å². The normalized spacial score (nSPS) is 11.3. The van der Waals surface area contributed by atoms with Gasteiger partial charge in [0.15, 0.2) is 0 Å². The zero-order chi connectivity index (χ0) is 11.6. The molecule has 1 amide bonds. The highest BCUT2D eigenvalue weighted by molar-refractivity contribution is 5.97. The smallest absolute Gasteiger partial charge is 0.307 e. The predicted molar refractivity (Wildman–Crippen MR) is 50.6 cm³/mol. The monoisotopic (exact) mass is 217 g/mol. The molecule has 0 aliphatic carbocycles. The second-order valence-electron chi connectivity index (χ2n) is 3.15. The Balaban J connectivity index is 3.01. The first-order valence-corrected chi connectivity index (χ1v) is 4.24. The van der Waals surface area contributed by atoms with Crippen LogP contribution < -0.4 is 4.90 Å². The molecule has 0 fully saturated rings. The Bertz CT molecular complexity index is 373. The summed E-state index contributed by atoms with van der Waals surface area (Å²) < 4.78 is 36.4. The van der Waals surface area contributed by atoms with Crippen molar-refractivity contribution in [3.63, 3.8) is 0 Å². The molecule has 1 aromatic carbocycles. The Labute approximate surface area is 85.3 Å². The van der Waals surface area contributed by atoms with Gasteiger partial charge in [-0.3, -0.25) is 4.79 Å². The SMILES string of the molecule is Cc1ccccc1N(C)C(=O)C(F)(F)F. The topological polar surface area (TPSA) is 20.3 Å². The van der Waals surface area contributed by atoms with Crippen LogP contribution in [0.3, 0.4) is 0 Å². The second kappa shape index (κ2) is 3.92. The number of alkyl halides is 3. The van der Waals surface area contributed by atoms with E-state index in [2.05, 4.69) is 0 Å². The fourth-order valence-electron chi connectivity index (χ4n) is 1.24. The van der Waals surface area contributed by atoms with Crippen LogP contribution in [-0.4, -0.2) is 19.1 Å². The van der Waals surface area contributed by atoms with Crippen LogP contribution >= 0.6 is 0 Å². The number of halogens is 3. The molecule has 82 valence electrons. The third kappa shape index (κ3) is 2.49. The highest BCUT2D eigenvalue weighted by atomic mass is 19.4. The van der Waals surface area contributed by atoms with Gasteiger partial charge in [-0.25, -0.2) is 0 Å². The van der Waals surface area contributed by atoms with Gasteiger partial charge in [-0.1, -0.05) is 18.2 Å². The van der Waals surface area contributed by atoms with Crippen LogP contribution in [-0.2, 0) is 4.79 Å². The van der Waals surface area contributed by atoms with Crippen LogP contribution in [0, 0.1) is 6.92 Å². The van der Waals surface area contributed by atoms with Crippen LogP contribution in [0.2, 0.25) is 0 Å². The molecule has 15 heavy (non-hydrogen) atoms. The van der Waals surface area contributed by atoms with Crippen molar-refractivity contribution in [3.8, 4) is 0 Å². The summed E-state index contributed by atoms with van der Waals surface area (Å²) in [4.78, 5) is 11.5. The maximum absolute atomic E-state index is 12.1. The van der Waals surface area contributed by atoms with Gasteiger partial charge in [0.1, 0.15) is 0 Å². The van der Waals surface area contributed by atoms with Crippen molar-refractivity contribution in [1.82, 2.24) is 0 Å². The molecule has 1 rings (SSSR count). The van der Waals surface area contributed by atoms with E-state index in [1.54, 1.807) is 25.1 Å². The van der Waals surface area contributed by atoms with E-state index in [1.165, 1.54) is 6.07 Å². The molecule has 0 bridgehead atoms. The summed E-state index contributed by atoms with van der Waals surface area (Å²) in [5.74, 6) is -1.86. The van der Waals surface area contributed by atoms with Crippen LogP contribution in [0.25, 0.3) is 0 Å². The number of para-hydroxylation sites is 1. The minimum atomic E-state index is -4.84. The summed E-state index contributed by atoms with van der Waals surface area (Å²) in [6.45, 7) is 1.65. The molecule has 0 radical (unpaired) electrons. The van der Waals surface area contributed by atoms with Gasteiger partial charge in [0.25, 0.3) is 0 Å². The van der Waals surface area contributed by atoms with E-state index in [0.29, 0.717) is 10.5 Å². The predicted octanol–water partition coefficient (Wildman–Crippen LogP) is 2.52. The zero-order valence-corrected chi connectivity index (χ0v) is 8.30. The van der Waals surface area contributed by atoms with Gasteiger partial charge >= 0.3 is 12.1 Å². The van der Waals surface area contributed by atoms with Crippen LogP contribution in [0.1, 0.15) is 5.56 Å². The summed E-state index contributed by atoms with van der Waals surface area (Å²) in [5, 5.41) is 0. The number of carbonyl (C=O) groups excluding carboxylic acids is 1. The van der Waals surface area contributed by atoms with E-state index in [9.17, 15) is 18.0 Å². The van der Waals surface area contributed by atoms with Crippen molar-refractivity contribution >= 4 is 11.6 Å². The lowest BCUT2D eigenvalue weighted by molar-refractivity contribution is -0.170. The summed E-state index contributed by atoms with van der Waals surface area (Å²) in [6, 6.07) is 6.40. The highest BCUT2D eigenvalue weighted by Crippen LogP contribution is 2.24. The first-order valence-electron chi connectivity index (χ1n) is 4.24. The van der Waals surface area contributed by atoms with Crippen LogP contribution in [0.4, 0.5) is 18.9 Å². The summed E-state index contributed by atoms with van der Waals surface area (Å²) in [7, 11) is 1.11. The molecule has 0 saturated carbocycles. The molecule has 0 saturated heterocycles. The van der Waals surface area contributed by atoms with Gasteiger partial charge < -0.3 is 4.90 Å². The number of hydrogen-bond acceptors (Lipinski definition) is 1. The molecule has 0 N–H and O–H groups in total. The van der Waals surface area contributed by atoms with Gasteiger partial charge in [-0.05, 0) is 18.6 Å². The minimum absolute atomic E-state index is 0.264. The Kier molecular flexibility index (Phi) is 3.02. The molecule has 2 nitrogen and oxygen atoms in total. The fraction of sp³-hybridized carbons (Fsp3) is 0.300. The number of hydrogen-bond donors (Lipinski definition) is 0. The molecule has 0 aliphatic heterocycles. The molecule has 1 aromatic rings. The third-order valence-corrected chi connectivity index (χ3v) is 2.02. The number of rotatable bonds is 1. The Hall–Kier alpha value is -1.52. The van der Waals surface area contributed by atoms with Crippen molar-refractivity contribution in [2.24, 2.45) is 0 Å². The standard InChI is InChI=1S/C10H10F3NO/c1-7-5-3-4-6-8(7)14(2)9(15)10(11,12)13/h3-6H,1-2H3. The number of carbonyl (C=O) groups is 1. The number of amides is 1. The Morgan fingerprint density at radius 1 is 1.27 bits per heavy atom. The average molecular weight is 217 g/mol. The van der Waals surface area contributed by atoms with E-state index in [0.717, 1.165) is 7.05 Å². The number of nitrogens with zero attached hydrogens (tertiary/aromatic N) is 1. The quantitative estimate of drug-likeness (QED) is 0.707. The molecule has 0 spiro atoms. The molecule has 0 atom stereocenters. The minimum Gasteiger partial charge on any atom is -0.307 e. The fourth-order valence-corrected chi connectivity index (χ4v) is 1.24. The molecule has 5 heteroatoms. The highest BCUT2D eigenvalue weighted by Gasteiger charge is 2.41. The molecule has 0 aliphatic rings. The van der Waals surface area contributed by atoms with Gasteiger partial charge in [-0.2, -0.15) is 13.2 Å². The number of benzene rings is 1. The van der Waals surface area contributed by atoms with E-state index in [1.807, 2.05) is 0 Å². The molecule has 0 heterocycles. The summed E-state index contributed by atoms with van der Waals surface area (Å²) in [6.07, 6.45) is -4.84. The van der Waals surface area contributed by atoms with E-state index in [4.69, 9.17) is 0 Å². The summed E-state index contributed by atoms with van der Waals surface area (Å²) >= 11 is 0. The molecular formula is C10H10F3NO. The lowest BCUT2D eigenvalue weighted by atomic mass is 10.2. The number of anilines is 1. The van der Waals surface area contributed by atoms with E-state index >= 15 is 0 Å². The Morgan fingerprint density at radius 3 is 2.27 bits per heavy atom. The Morgan fingerprint density at radius 2 is 1.80 bits per heavy atom. The van der Waals surface area contributed by atoms with Gasteiger partial charge in [0, 0.05) is 12.7 Å². The van der Waals surface area contributed by atoms with Crippen molar-refractivity contribution < 1.29 is 18.0 Å². The lowest BCUT2D eigenvalue weighted by Crippen LogP contribution is -2.38. The van der Waals surface area contributed by atoms with Gasteiger partial charge in [-0.15, -0.1) is 0 Å².